The number of amides is 1. The molecule has 1 fully saturated rings. The summed E-state index contributed by atoms with van der Waals surface area (Å²) >= 11 is 10.1. The Labute approximate surface area is 193 Å². The SMILES string of the molecule is CCOc1cc(/C=C2\SC(=S)N(CC)C2=O)c(Br)cc1OCc1ccccc1C#N. The fraction of sp³-hybridized carbons (Fsp3) is 0.227. The second-order valence-corrected chi connectivity index (χ2v) is 8.77. The summed E-state index contributed by atoms with van der Waals surface area (Å²) in [5.41, 5.74) is 2.16. The molecule has 5 nitrogen and oxygen atoms in total. The number of rotatable bonds is 7. The van der Waals surface area contributed by atoms with Crippen LogP contribution in [0.4, 0.5) is 0 Å². The summed E-state index contributed by atoms with van der Waals surface area (Å²) in [6.07, 6.45) is 1.80. The maximum Gasteiger partial charge on any atom is 0.266 e. The molecule has 1 saturated heterocycles. The van der Waals surface area contributed by atoms with Crippen molar-refractivity contribution in [3.8, 4) is 17.6 Å². The number of ether oxygens (including phenoxy) is 2. The summed E-state index contributed by atoms with van der Waals surface area (Å²) in [7, 11) is 0. The van der Waals surface area contributed by atoms with Gasteiger partial charge in [0, 0.05) is 16.6 Å². The predicted molar refractivity (Wildman–Crippen MR) is 126 cm³/mol. The summed E-state index contributed by atoms with van der Waals surface area (Å²) in [4.78, 5) is 14.7. The first-order chi connectivity index (χ1) is 14.5. The van der Waals surface area contributed by atoms with Gasteiger partial charge in [0.2, 0.25) is 0 Å². The van der Waals surface area contributed by atoms with E-state index >= 15 is 0 Å². The smallest absolute Gasteiger partial charge is 0.266 e. The Morgan fingerprint density at radius 1 is 1.23 bits per heavy atom. The van der Waals surface area contributed by atoms with E-state index in [1.54, 1.807) is 17.0 Å². The van der Waals surface area contributed by atoms with Crippen molar-refractivity contribution >= 4 is 56.2 Å². The molecule has 30 heavy (non-hydrogen) atoms. The van der Waals surface area contributed by atoms with Gasteiger partial charge in [0.15, 0.2) is 11.5 Å². The molecule has 0 atom stereocenters. The van der Waals surface area contributed by atoms with Gasteiger partial charge in [-0.15, -0.1) is 0 Å². The van der Waals surface area contributed by atoms with Crippen LogP contribution < -0.4 is 9.47 Å². The Morgan fingerprint density at radius 2 is 1.97 bits per heavy atom. The third-order valence-corrected chi connectivity index (χ3v) is 6.42. The van der Waals surface area contributed by atoms with Gasteiger partial charge in [-0.25, -0.2) is 0 Å². The highest BCUT2D eigenvalue weighted by atomic mass is 79.9. The molecule has 1 heterocycles. The third kappa shape index (κ3) is 4.86. The molecule has 0 spiro atoms. The number of benzene rings is 2. The highest BCUT2D eigenvalue weighted by molar-refractivity contribution is 9.10. The van der Waals surface area contributed by atoms with E-state index in [1.165, 1.54) is 11.8 Å². The van der Waals surface area contributed by atoms with E-state index in [4.69, 9.17) is 21.7 Å². The average molecular weight is 503 g/mol. The third-order valence-electron chi connectivity index (χ3n) is 4.36. The number of carbonyl (C=O) groups excluding carboxylic acids is 1. The second kappa shape index (κ2) is 10.1. The van der Waals surface area contributed by atoms with Gasteiger partial charge < -0.3 is 9.47 Å². The number of nitrogens with zero attached hydrogens (tertiary/aromatic N) is 2. The molecule has 1 aliphatic rings. The largest absolute Gasteiger partial charge is 0.490 e. The Bertz CT molecular complexity index is 1060. The van der Waals surface area contributed by atoms with Crippen LogP contribution in [0.2, 0.25) is 0 Å². The first-order valence-electron chi connectivity index (χ1n) is 9.31. The number of nitriles is 1. The van der Waals surface area contributed by atoms with Gasteiger partial charge in [-0.05, 0) is 43.7 Å². The minimum Gasteiger partial charge on any atom is -0.490 e. The zero-order chi connectivity index (χ0) is 21.7. The van der Waals surface area contributed by atoms with E-state index in [1.807, 2.05) is 44.2 Å². The maximum atomic E-state index is 12.5. The lowest BCUT2D eigenvalue weighted by molar-refractivity contribution is -0.121. The van der Waals surface area contributed by atoms with Crippen LogP contribution in [-0.4, -0.2) is 28.3 Å². The molecule has 154 valence electrons. The molecule has 0 bridgehead atoms. The van der Waals surface area contributed by atoms with E-state index in [-0.39, 0.29) is 12.5 Å². The van der Waals surface area contributed by atoms with Crippen molar-refractivity contribution in [2.24, 2.45) is 0 Å². The quantitative estimate of drug-likeness (QED) is 0.366. The number of hydrogen-bond acceptors (Lipinski definition) is 6. The van der Waals surface area contributed by atoms with Crippen LogP contribution in [0.1, 0.15) is 30.5 Å². The van der Waals surface area contributed by atoms with Crippen LogP contribution in [0.15, 0.2) is 45.8 Å². The first-order valence-corrected chi connectivity index (χ1v) is 11.3. The monoisotopic (exact) mass is 502 g/mol. The summed E-state index contributed by atoms with van der Waals surface area (Å²) in [5, 5.41) is 9.26. The molecule has 3 rings (SSSR count). The molecular formula is C22H19BrN2O3S2. The van der Waals surface area contributed by atoms with Crippen molar-refractivity contribution in [3.05, 3.63) is 62.5 Å². The molecule has 2 aromatic rings. The van der Waals surface area contributed by atoms with Crippen LogP contribution in [-0.2, 0) is 11.4 Å². The molecule has 0 aliphatic carbocycles. The van der Waals surface area contributed by atoms with Gasteiger partial charge in [0.25, 0.3) is 5.91 Å². The Balaban J connectivity index is 1.89. The summed E-state index contributed by atoms with van der Waals surface area (Å²) in [5.74, 6) is 1.02. The predicted octanol–water partition coefficient (Wildman–Crippen LogP) is 5.52. The molecular weight excluding hydrogens is 484 g/mol. The number of hydrogen-bond donors (Lipinski definition) is 0. The van der Waals surface area contributed by atoms with Crippen LogP contribution in [0.25, 0.3) is 6.08 Å². The Morgan fingerprint density at radius 3 is 2.63 bits per heavy atom. The van der Waals surface area contributed by atoms with Gasteiger partial charge in [-0.2, -0.15) is 5.26 Å². The van der Waals surface area contributed by atoms with Gasteiger partial charge in [0.05, 0.1) is 23.1 Å². The molecule has 2 aromatic carbocycles. The van der Waals surface area contributed by atoms with Crippen molar-refractivity contribution in [1.82, 2.24) is 4.90 Å². The first kappa shape index (κ1) is 22.3. The maximum absolute atomic E-state index is 12.5. The molecule has 8 heteroatoms. The van der Waals surface area contributed by atoms with Crippen molar-refractivity contribution in [2.45, 2.75) is 20.5 Å². The van der Waals surface area contributed by atoms with Gasteiger partial charge in [-0.1, -0.05) is 58.1 Å². The van der Waals surface area contributed by atoms with E-state index < -0.39 is 0 Å². The normalized spacial score (nSPS) is 14.9. The van der Waals surface area contributed by atoms with Crippen molar-refractivity contribution in [2.75, 3.05) is 13.2 Å². The molecule has 1 aliphatic heterocycles. The van der Waals surface area contributed by atoms with Gasteiger partial charge in [0.1, 0.15) is 10.9 Å². The minimum absolute atomic E-state index is 0.0919. The number of likely N-dealkylation sites (N-methyl/N-ethyl adjacent to an activating group) is 1. The minimum atomic E-state index is -0.0919. The van der Waals surface area contributed by atoms with E-state index in [0.717, 1.165) is 15.6 Å². The summed E-state index contributed by atoms with van der Waals surface area (Å²) < 4.78 is 13.1. The highest BCUT2D eigenvalue weighted by Crippen LogP contribution is 2.38. The van der Waals surface area contributed by atoms with Crippen molar-refractivity contribution in [1.29, 1.82) is 5.26 Å². The molecule has 0 radical (unpaired) electrons. The molecule has 0 unspecified atom stereocenters. The topological polar surface area (TPSA) is 62.6 Å². The lowest BCUT2D eigenvalue weighted by Crippen LogP contribution is -2.27. The lowest BCUT2D eigenvalue weighted by Gasteiger charge is -2.15. The lowest BCUT2D eigenvalue weighted by atomic mass is 10.1. The molecule has 1 amide bonds. The van der Waals surface area contributed by atoms with E-state index in [0.29, 0.717) is 39.4 Å². The average Bonchev–Trinajstić information content (AvgIpc) is 3.01. The Kier molecular flexibility index (Phi) is 7.53. The summed E-state index contributed by atoms with van der Waals surface area (Å²) in [6.45, 7) is 5.04. The Hall–Kier alpha value is -2.34. The molecule has 0 N–H and O–H groups in total. The fourth-order valence-corrected chi connectivity index (χ4v) is 4.68. The standard InChI is InChI=1S/C22H19BrN2O3S2/c1-3-25-21(26)20(30-22(25)29)10-16-9-18(27-4-2)19(11-17(16)23)28-13-15-8-6-5-7-14(15)12-24/h5-11H,3-4,13H2,1-2H3/b20-10-. The number of thiocarbonyl (C=S) groups is 1. The van der Waals surface area contributed by atoms with Gasteiger partial charge >= 0.3 is 0 Å². The fourth-order valence-electron chi connectivity index (χ4n) is 2.87. The zero-order valence-electron chi connectivity index (χ0n) is 16.5. The van der Waals surface area contributed by atoms with E-state index in [9.17, 15) is 10.1 Å². The van der Waals surface area contributed by atoms with Crippen LogP contribution >= 0.6 is 39.9 Å². The number of carbonyl (C=O) groups is 1. The summed E-state index contributed by atoms with van der Waals surface area (Å²) in [6, 6.07) is 13.1. The highest BCUT2D eigenvalue weighted by Gasteiger charge is 2.30. The van der Waals surface area contributed by atoms with Crippen molar-refractivity contribution in [3.63, 3.8) is 0 Å². The van der Waals surface area contributed by atoms with Crippen molar-refractivity contribution < 1.29 is 14.3 Å². The second-order valence-electron chi connectivity index (χ2n) is 6.24. The zero-order valence-corrected chi connectivity index (χ0v) is 19.7. The van der Waals surface area contributed by atoms with Crippen LogP contribution in [0.3, 0.4) is 0 Å². The van der Waals surface area contributed by atoms with Gasteiger partial charge in [-0.3, -0.25) is 9.69 Å². The van der Waals surface area contributed by atoms with Crippen LogP contribution in [0.5, 0.6) is 11.5 Å². The van der Waals surface area contributed by atoms with E-state index in [2.05, 4.69) is 22.0 Å². The molecule has 0 aromatic heterocycles. The number of thioether (sulfide) groups is 1. The molecule has 0 saturated carbocycles. The number of halogens is 1. The van der Waals surface area contributed by atoms with Crippen LogP contribution in [0, 0.1) is 11.3 Å².